The number of carbonyl (C=O) groups excluding carboxylic acids is 2. The second-order valence-electron chi connectivity index (χ2n) is 8.95. The molecule has 0 aromatic heterocycles. The topological polar surface area (TPSA) is 52.7 Å². The fraction of sp³-hybridized carbons (Fsp3) is 0.520. The fourth-order valence-corrected chi connectivity index (χ4v) is 4.82. The third-order valence-corrected chi connectivity index (χ3v) is 6.57. The minimum Gasteiger partial charge on any atom is -0.356 e. The van der Waals surface area contributed by atoms with Gasteiger partial charge in [-0.2, -0.15) is 0 Å². The number of nitrogens with zero attached hydrogens (tertiary/aromatic N) is 2. The molecule has 2 amide bonds. The van der Waals surface area contributed by atoms with Gasteiger partial charge in [0.2, 0.25) is 5.91 Å². The van der Waals surface area contributed by atoms with E-state index in [1.54, 1.807) is 0 Å². The molecule has 0 aliphatic carbocycles. The number of benzene rings is 2. The van der Waals surface area contributed by atoms with Gasteiger partial charge in [-0.25, -0.2) is 0 Å². The van der Waals surface area contributed by atoms with Gasteiger partial charge in [-0.15, -0.1) is 0 Å². The minimum absolute atomic E-state index is 0.0144. The Morgan fingerprint density at radius 3 is 2.47 bits per heavy atom. The Bertz CT molecular complexity index is 878. The van der Waals surface area contributed by atoms with Crippen LogP contribution in [0.2, 0.25) is 0 Å². The lowest BCUT2D eigenvalue weighted by Crippen LogP contribution is -2.44. The van der Waals surface area contributed by atoms with Crippen LogP contribution in [-0.2, 0) is 4.79 Å². The van der Waals surface area contributed by atoms with Crippen LogP contribution in [0.3, 0.4) is 0 Å². The van der Waals surface area contributed by atoms with Gasteiger partial charge in [-0.3, -0.25) is 9.59 Å². The summed E-state index contributed by atoms with van der Waals surface area (Å²) in [5, 5.41) is 5.24. The summed E-state index contributed by atoms with van der Waals surface area (Å²) in [7, 11) is 0. The monoisotopic (exact) mass is 407 g/mol. The lowest BCUT2D eigenvalue weighted by atomic mass is 9.94. The van der Waals surface area contributed by atoms with E-state index in [1.165, 1.54) is 25.9 Å². The molecule has 0 spiro atoms. The second kappa shape index (κ2) is 9.61. The van der Waals surface area contributed by atoms with Gasteiger partial charge in [0.25, 0.3) is 5.91 Å². The molecule has 0 bridgehead atoms. The van der Waals surface area contributed by atoms with E-state index >= 15 is 0 Å². The summed E-state index contributed by atoms with van der Waals surface area (Å²) in [6.07, 6.45) is 4.08. The number of piperidine rings is 1. The first-order valence-corrected chi connectivity index (χ1v) is 11.4. The quantitative estimate of drug-likeness (QED) is 0.797. The molecule has 5 heteroatoms. The van der Waals surface area contributed by atoms with Crippen molar-refractivity contribution in [3.8, 4) is 0 Å². The van der Waals surface area contributed by atoms with Crippen LogP contribution in [0.15, 0.2) is 42.5 Å². The van der Waals surface area contributed by atoms with E-state index in [2.05, 4.69) is 17.1 Å². The molecule has 5 nitrogen and oxygen atoms in total. The molecular weight excluding hydrogens is 374 g/mol. The summed E-state index contributed by atoms with van der Waals surface area (Å²) in [5.41, 5.74) is 0.756. The normalized spacial score (nSPS) is 19.2. The molecule has 0 saturated carbocycles. The van der Waals surface area contributed by atoms with Gasteiger partial charge in [-0.05, 0) is 61.5 Å². The zero-order chi connectivity index (χ0) is 20.9. The van der Waals surface area contributed by atoms with Gasteiger partial charge >= 0.3 is 0 Å². The minimum atomic E-state index is 0.0144. The molecule has 2 aliphatic rings. The number of amides is 2. The van der Waals surface area contributed by atoms with Crippen LogP contribution in [0.1, 0.15) is 43.0 Å². The molecule has 160 valence electrons. The van der Waals surface area contributed by atoms with Crippen molar-refractivity contribution in [2.75, 3.05) is 39.3 Å². The highest BCUT2D eigenvalue weighted by molar-refractivity contribution is 6.07. The first kappa shape index (κ1) is 20.9. The highest BCUT2D eigenvalue weighted by Crippen LogP contribution is 2.24. The number of nitrogens with one attached hydrogen (secondary N) is 1. The molecule has 1 N–H and O–H groups in total. The lowest BCUT2D eigenvalue weighted by Gasteiger charge is -2.32. The Balaban J connectivity index is 1.27. The molecule has 0 radical (unpaired) electrons. The summed E-state index contributed by atoms with van der Waals surface area (Å²) >= 11 is 0. The Labute approximate surface area is 179 Å². The van der Waals surface area contributed by atoms with Gasteiger partial charge < -0.3 is 15.1 Å². The average molecular weight is 408 g/mol. The highest BCUT2D eigenvalue weighted by atomic mass is 16.2. The predicted octanol–water partition coefficient (Wildman–Crippen LogP) is 3.54. The fourth-order valence-electron chi connectivity index (χ4n) is 4.82. The number of likely N-dealkylation sites (tertiary alicyclic amines) is 2. The highest BCUT2D eigenvalue weighted by Gasteiger charge is 2.28. The summed E-state index contributed by atoms with van der Waals surface area (Å²) in [6, 6.07) is 13.9. The molecule has 2 saturated heterocycles. The zero-order valence-corrected chi connectivity index (χ0v) is 18.0. The van der Waals surface area contributed by atoms with Crippen molar-refractivity contribution in [3.63, 3.8) is 0 Å². The first-order chi connectivity index (χ1) is 14.6. The average Bonchev–Trinajstić information content (AvgIpc) is 3.29. The number of hydrogen-bond donors (Lipinski definition) is 1. The molecule has 1 unspecified atom stereocenters. The van der Waals surface area contributed by atoms with E-state index < -0.39 is 0 Å². The molecule has 1 atom stereocenters. The van der Waals surface area contributed by atoms with Crippen LogP contribution in [-0.4, -0.2) is 60.9 Å². The summed E-state index contributed by atoms with van der Waals surface area (Å²) in [6.45, 7) is 7.70. The van der Waals surface area contributed by atoms with Crippen LogP contribution in [0.4, 0.5) is 0 Å². The van der Waals surface area contributed by atoms with Crippen molar-refractivity contribution in [1.29, 1.82) is 0 Å². The maximum atomic E-state index is 13.1. The Morgan fingerprint density at radius 2 is 1.70 bits per heavy atom. The zero-order valence-electron chi connectivity index (χ0n) is 18.0. The predicted molar refractivity (Wildman–Crippen MR) is 120 cm³/mol. The number of rotatable bonds is 6. The van der Waals surface area contributed by atoms with E-state index in [9.17, 15) is 9.59 Å². The van der Waals surface area contributed by atoms with Crippen LogP contribution in [0.25, 0.3) is 10.8 Å². The van der Waals surface area contributed by atoms with Crippen LogP contribution in [0, 0.1) is 11.8 Å². The number of fused-ring (bicyclic) bond motifs is 1. The van der Waals surface area contributed by atoms with Crippen LogP contribution >= 0.6 is 0 Å². The molecule has 4 rings (SSSR count). The first-order valence-electron chi connectivity index (χ1n) is 11.4. The SMILES string of the molecule is CC(CNC(=O)C1CCN(C(=O)c2cccc3ccccc23)CC1)CN1CCCC1. The van der Waals surface area contributed by atoms with Gasteiger partial charge in [0.15, 0.2) is 0 Å². The lowest BCUT2D eigenvalue weighted by molar-refractivity contribution is -0.126. The molecule has 2 aromatic carbocycles. The van der Waals surface area contributed by atoms with E-state index in [-0.39, 0.29) is 17.7 Å². The van der Waals surface area contributed by atoms with Gasteiger partial charge in [-0.1, -0.05) is 43.3 Å². The van der Waals surface area contributed by atoms with Crippen molar-refractivity contribution in [2.24, 2.45) is 11.8 Å². The third-order valence-electron chi connectivity index (χ3n) is 6.57. The standard InChI is InChI=1S/C25H33N3O2/c1-19(18-27-13-4-5-14-27)17-26-24(29)21-11-15-28(16-12-21)25(30)23-10-6-8-20-7-2-3-9-22(20)23/h2-3,6-10,19,21H,4-5,11-18H2,1H3,(H,26,29). The third kappa shape index (κ3) is 4.84. The van der Waals surface area contributed by atoms with Crippen molar-refractivity contribution < 1.29 is 9.59 Å². The van der Waals surface area contributed by atoms with Crippen LogP contribution < -0.4 is 5.32 Å². The largest absolute Gasteiger partial charge is 0.356 e. The molecule has 2 heterocycles. The Hall–Kier alpha value is -2.40. The van der Waals surface area contributed by atoms with E-state index in [1.807, 2.05) is 47.4 Å². The molecule has 2 aromatic rings. The van der Waals surface area contributed by atoms with E-state index in [0.717, 1.165) is 42.3 Å². The van der Waals surface area contributed by atoms with Crippen molar-refractivity contribution in [3.05, 3.63) is 48.0 Å². The number of carbonyl (C=O) groups is 2. The van der Waals surface area contributed by atoms with Crippen molar-refractivity contribution >= 4 is 22.6 Å². The summed E-state index contributed by atoms with van der Waals surface area (Å²) in [4.78, 5) is 30.1. The van der Waals surface area contributed by atoms with E-state index in [4.69, 9.17) is 0 Å². The van der Waals surface area contributed by atoms with Crippen molar-refractivity contribution in [2.45, 2.75) is 32.6 Å². The van der Waals surface area contributed by atoms with Gasteiger partial charge in [0.05, 0.1) is 0 Å². The molecule has 30 heavy (non-hydrogen) atoms. The molecular formula is C25H33N3O2. The Morgan fingerprint density at radius 1 is 1.00 bits per heavy atom. The van der Waals surface area contributed by atoms with Gasteiger partial charge in [0.1, 0.15) is 0 Å². The van der Waals surface area contributed by atoms with E-state index in [0.29, 0.717) is 19.0 Å². The van der Waals surface area contributed by atoms with Crippen molar-refractivity contribution in [1.82, 2.24) is 15.1 Å². The number of hydrogen-bond acceptors (Lipinski definition) is 3. The van der Waals surface area contributed by atoms with Gasteiger partial charge in [0, 0.05) is 37.7 Å². The van der Waals surface area contributed by atoms with Crippen LogP contribution in [0.5, 0.6) is 0 Å². The smallest absolute Gasteiger partial charge is 0.254 e. The second-order valence-corrected chi connectivity index (χ2v) is 8.95. The summed E-state index contributed by atoms with van der Waals surface area (Å²) in [5.74, 6) is 0.714. The summed E-state index contributed by atoms with van der Waals surface area (Å²) < 4.78 is 0. The maximum absolute atomic E-state index is 13.1. The molecule has 2 aliphatic heterocycles. The molecule has 2 fully saturated rings. The maximum Gasteiger partial charge on any atom is 0.254 e. The Kier molecular flexibility index (Phi) is 6.68.